The van der Waals surface area contributed by atoms with Crippen molar-refractivity contribution in [1.29, 1.82) is 0 Å². The molecule has 1 aliphatic carbocycles. The molecule has 1 rings (SSSR count). The number of amides is 1. The molecular weight excluding hydrogens is 158 g/mol. The lowest BCUT2D eigenvalue weighted by Gasteiger charge is -2.39. The third kappa shape index (κ3) is 2.12. The topological polar surface area (TPSA) is 29.1 Å². The molecule has 0 aromatic heterocycles. The Hall–Kier alpha value is -0.180. The van der Waals surface area contributed by atoms with Crippen LogP contribution in [0.2, 0.25) is 0 Å². The predicted octanol–water partition coefficient (Wildman–Crippen LogP) is 1.36. The van der Waals surface area contributed by atoms with Gasteiger partial charge >= 0.3 is 0 Å². The predicted molar refractivity (Wildman–Crippen MR) is 48.8 cm³/mol. The van der Waals surface area contributed by atoms with Crippen molar-refractivity contribution in [3.8, 4) is 0 Å². The second-order valence-electron chi connectivity index (χ2n) is 3.58. The maximum Gasteiger partial charge on any atom is 0.232 e. The molecule has 11 heavy (non-hydrogen) atoms. The van der Waals surface area contributed by atoms with E-state index in [4.69, 9.17) is 0 Å². The highest BCUT2D eigenvalue weighted by molar-refractivity contribution is 7.81. The molecule has 0 aromatic carbocycles. The zero-order valence-electron chi connectivity index (χ0n) is 7.05. The molecule has 1 amide bonds. The number of thiol groups is 1. The van der Waals surface area contributed by atoms with Gasteiger partial charge in [-0.15, -0.1) is 0 Å². The van der Waals surface area contributed by atoms with Gasteiger partial charge in [-0.2, -0.15) is 12.6 Å². The maximum absolute atomic E-state index is 11.2. The zero-order chi connectivity index (χ0) is 8.48. The molecule has 2 nitrogen and oxygen atoms in total. The van der Waals surface area contributed by atoms with Gasteiger partial charge in [0.2, 0.25) is 5.91 Å². The molecule has 1 unspecified atom stereocenters. The molecule has 0 spiro atoms. The number of hydrogen-bond donors (Lipinski definition) is 2. The SMILES string of the molecule is CC(S)C(=O)NC1(C)CCC1. The third-order valence-corrected chi connectivity index (χ3v) is 2.50. The molecule has 0 bridgehead atoms. The fourth-order valence-electron chi connectivity index (χ4n) is 1.23. The van der Waals surface area contributed by atoms with Gasteiger partial charge in [-0.05, 0) is 33.1 Å². The zero-order valence-corrected chi connectivity index (χ0v) is 7.95. The lowest BCUT2D eigenvalue weighted by atomic mass is 9.78. The van der Waals surface area contributed by atoms with Gasteiger partial charge in [0.25, 0.3) is 0 Å². The first-order chi connectivity index (χ1) is 5.03. The van der Waals surface area contributed by atoms with Crippen LogP contribution in [-0.2, 0) is 4.79 Å². The molecule has 0 radical (unpaired) electrons. The minimum atomic E-state index is -0.188. The van der Waals surface area contributed by atoms with Crippen LogP contribution in [0.4, 0.5) is 0 Å². The van der Waals surface area contributed by atoms with Crippen LogP contribution in [0.3, 0.4) is 0 Å². The summed E-state index contributed by atoms with van der Waals surface area (Å²) in [7, 11) is 0. The van der Waals surface area contributed by atoms with E-state index in [1.807, 2.05) is 0 Å². The second kappa shape index (κ2) is 3.05. The Labute approximate surface area is 73.2 Å². The summed E-state index contributed by atoms with van der Waals surface area (Å²) in [5, 5.41) is 2.79. The minimum absolute atomic E-state index is 0.0514. The summed E-state index contributed by atoms with van der Waals surface area (Å²) >= 11 is 4.06. The number of carbonyl (C=O) groups is 1. The van der Waals surface area contributed by atoms with Crippen LogP contribution >= 0.6 is 12.6 Å². The molecule has 0 aliphatic heterocycles. The monoisotopic (exact) mass is 173 g/mol. The largest absolute Gasteiger partial charge is 0.350 e. The Morgan fingerprint density at radius 3 is 2.45 bits per heavy atom. The summed E-state index contributed by atoms with van der Waals surface area (Å²) in [4.78, 5) is 11.2. The van der Waals surface area contributed by atoms with Gasteiger partial charge in [0.15, 0.2) is 0 Å². The number of rotatable bonds is 2. The van der Waals surface area contributed by atoms with Crippen LogP contribution in [0.5, 0.6) is 0 Å². The third-order valence-electron chi connectivity index (χ3n) is 2.26. The summed E-state index contributed by atoms with van der Waals surface area (Å²) in [6.07, 6.45) is 3.45. The van der Waals surface area contributed by atoms with Crippen molar-refractivity contribution in [2.45, 2.75) is 43.9 Å². The van der Waals surface area contributed by atoms with Crippen LogP contribution in [-0.4, -0.2) is 16.7 Å². The fraction of sp³-hybridized carbons (Fsp3) is 0.875. The number of carbonyl (C=O) groups excluding carboxylic acids is 1. The van der Waals surface area contributed by atoms with E-state index in [1.54, 1.807) is 6.92 Å². The quantitative estimate of drug-likeness (QED) is 0.607. The van der Waals surface area contributed by atoms with Crippen LogP contribution in [0.15, 0.2) is 0 Å². The van der Waals surface area contributed by atoms with Gasteiger partial charge in [-0.1, -0.05) is 0 Å². The molecule has 1 N–H and O–H groups in total. The van der Waals surface area contributed by atoms with Gasteiger partial charge in [-0.25, -0.2) is 0 Å². The smallest absolute Gasteiger partial charge is 0.232 e. The number of nitrogens with one attached hydrogen (secondary N) is 1. The van der Waals surface area contributed by atoms with E-state index < -0.39 is 0 Å². The molecule has 64 valence electrons. The van der Waals surface area contributed by atoms with Gasteiger partial charge in [0.1, 0.15) is 0 Å². The molecular formula is C8H15NOS. The first-order valence-corrected chi connectivity index (χ1v) is 4.55. The molecule has 0 saturated heterocycles. The Morgan fingerprint density at radius 2 is 2.18 bits per heavy atom. The van der Waals surface area contributed by atoms with Crippen LogP contribution in [0.25, 0.3) is 0 Å². The van der Waals surface area contributed by atoms with Crippen molar-refractivity contribution in [2.24, 2.45) is 0 Å². The van der Waals surface area contributed by atoms with E-state index in [1.165, 1.54) is 6.42 Å². The standard InChI is InChI=1S/C8H15NOS/c1-6(11)7(10)9-8(2)4-3-5-8/h6,11H,3-5H2,1-2H3,(H,9,10). The van der Waals surface area contributed by atoms with E-state index in [0.29, 0.717) is 0 Å². The summed E-state index contributed by atoms with van der Waals surface area (Å²) < 4.78 is 0. The molecule has 1 fully saturated rings. The van der Waals surface area contributed by atoms with Crippen molar-refractivity contribution in [3.05, 3.63) is 0 Å². The first-order valence-electron chi connectivity index (χ1n) is 4.04. The fourth-order valence-corrected chi connectivity index (χ4v) is 1.30. The lowest BCUT2D eigenvalue weighted by molar-refractivity contribution is -0.122. The summed E-state index contributed by atoms with van der Waals surface area (Å²) in [6.45, 7) is 3.88. The van der Waals surface area contributed by atoms with Gasteiger partial charge in [-0.3, -0.25) is 4.79 Å². The Morgan fingerprint density at radius 1 is 1.64 bits per heavy atom. The molecule has 1 saturated carbocycles. The summed E-state index contributed by atoms with van der Waals surface area (Å²) in [5.74, 6) is 0.0514. The van der Waals surface area contributed by atoms with Gasteiger partial charge in [0, 0.05) is 5.54 Å². The Bertz CT molecular complexity index is 163. The normalized spacial score (nSPS) is 23.5. The van der Waals surface area contributed by atoms with E-state index >= 15 is 0 Å². The van der Waals surface area contributed by atoms with E-state index in [-0.39, 0.29) is 16.7 Å². The maximum atomic E-state index is 11.2. The minimum Gasteiger partial charge on any atom is -0.350 e. The molecule has 1 atom stereocenters. The van der Waals surface area contributed by atoms with Crippen LogP contribution < -0.4 is 5.32 Å². The molecule has 3 heteroatoms. The Kier molecular flexibility index (Phi) is 2.47. The van der Waals surface area contributed by atoms with E-state index in [2.05, 4.69) is 24.9 Å². The van der Waals surface area contributed by atoms with Crippen LogP contribution in [0.1, 0.15) is 33.1 Å². The highest BCUT2D eigenvalue weighted by Gasteiger charge is 2.33. The van der Waals surface area contributed by atoms with Gasteiger partial charge in [0.05, 0.1) is 5.25 Å². The van der Waals surface area contributed by atoms with Gasteiger partial charge < -0.3 is 5.32 Å². The molecule has 1 aliphatic rings. The van der Waals surface area contributed by atoms with Crippen molar-refractivity contribution < 1.29 is 4.79 Å². The van der Waals surface area contributed by atoms with E-state index in [0.717, 1.165) is 12.8 Å². The summed E-state index contributed by atoms with van der Waals surface area (Å²) in [6, 6.07) is 0. The number of hydrogen-bond acceptors (Lipinski definition) is 2. The molecule has 0 heterocycles. The highest BCUT2D eigenvalue weighted by Crippen LogP contribution is 2.30. The van der Waals surface area contributed by atoms with Crippen molar-refractivity contribution in [2.75, 3.05) is 0 Å². The first kappa shape index (κ1) is 8.91. The second-order valence-corrected chi connectivity index (χ2v) is 4.35. The van der Waals surface area contributed by atoms with Crippen LogP contribution in [0, 0.1) is 0 Å². The average Bonchev–Trinajstić information content (AvgIpc) is 1.84. The lowest BCUT2D eigenvalue weighted by Crippen LogP contribution is -2.52. The summed E-state index contributed by atoms with van der Waals surface area (Å²) in [5.41, 5.74) is 0.0775. The van der Waals surface area contributed by atoms with E-state index in [9.17, 15) is 4.79 Å². The van der Waals surface area contributed by atoms with Crippen molar-refractivity contribution in [3.63, 3.8) is 0 Å². The van der Waals surface area contributed by atoms with Crippen molar-refractivity contribution >= 4 is 18.5 Å². The van der Waals surface area contributed by atoms with Crippen molar-refractivity contribution in [1.82, 2.24) is 5.32 Å². The average molecular weight is 173 g/mol. The highest BCUT2D eigenvalue weighted by atomic mass is 32.1. The Balaban J connectivity index is 2.35. The molecule has 0 aromatic rings.